The molecule has 0 amide bonds. The van der Waals surface area contributed by atoms with Crippen molar-refractivity contribution in [2.75, 3.05) is 13.7 Å². The first-order chi connectivity index (χ1) is 20.4. The third-order valence-corrected chi connectivity index (χ3v) is 7.74. The lowest BCUT2D eigenvalue weighted by atomic mass is 9.95. The molecular weight excluding hydrogens is 576 g/mol. The minimum Gasteiger partial charge on any atom is -0.504 e. The highest BCUT2D eigenvalue weighted by Crippen LogP contribution is 2.45. The minimum atomic E-state index is -1.80. The van der Waals surface area contributed by atoms with Crippen molar-refractivity contribution < 1.29 is 74.1 Å². The van der Waals surface area contributed by atoms with E-state index in [4.69, 9.17) is 28.4 Å². The van der Waals surface area contributed by atoms with Gasteiger partial charge in [-0.1, -0.05) is 6.07 Å². The summed E-state index contributed by atoms with van der Waals surface area (Å²) in [6.45, 7) is 0.948. The Balaban J connectivity index is 1.29. The van der Waals surface area contributed by atoms with Crippen molar-refractivity contribution in [1.82, 2.24) is 0 Å². The number of hydrogen-bond acceptors (Lipinski definition) is 15. The molecule has 3 aliphatic rings. The van der Waals surface area contributed by atoms with Gasteiger partial charge in [0.15, 0.2) is 35.1 Å². The van der Waals surface area contributed by atoms with Crippen LogP contribution in [0.4, 0.5) is 0 Å². The molecule has 2 fully saturated rings. The Bertz CT molecular complexity index is 1320. The molecular formula is C28H34O15. The second-order valence-corrected chi connectivity index (χ2v) is 10.6. The van der Waals surface area contributed by atoms with Crippen LogP contribution >= 0.6 is 0 Å². The first-order valence-electron chi connectivity index (χ1n) is 13.5. The number of aliphatic hydroxyl groups excluding tert-OH is 6. The van der Waals surface area contributed by atoms with Crippen LogP contribution in [0.2, 0.25) is 0 Å². The topological polar surface area (TPSA) is 234 Å². The van der Waals surface area contributed by atoms with Crippen LogP contribution in [0.3, 0.4) is 0 Å². The predicted octanol–water partition coefficient (Wildman–Crippen LogP) is -1.16. The van der Waals surface area contributed by atoms with Crippen molar-refractivity contribution in [3.8, 4) is 28.7 Å². The van der Waals surface area contributed by atoms with E-state index in [1.165, 1.54) is 38.3 Å². The number of rotatable bonds is 7. The third-order valence-electron chi connectivity index (χ3n) is 7.74. The number of methoxy groups -OCH3 is 1. The van der Waals surface area contributed by atoms with Crippen LogP contribution in [0.5, 0.6) is 28.7 Å². The van der Waals surface area contributed by atoms with E-state index in [9.17, 15) is 45.6 Å². The maximum Gasteiger partial charge on any atom is 0.229 e. The lowest BCUT2D eigenvalue weighted by Crippen LogP contribution is -2.61. The zero-order valence-corrected chi connectivity index (χ0v) is 23.1. The van der Waals surface area contributed by atoms with Gasteiger partial charge in [0, 0.05) is 0 Å². The van der Waals surface area contributed by atoms with E-state index in [2.05, 4.69) is 0 Å². The molecule has 0 aliphatic carbocycles. The smallest absolute Gasteiger partial charge is 0.229 e. The van der Waals surface area contributed by atoms with Crippen molar-refractivity contribution in [3.63, 3.8) is 0 Å². The molecule has 43 heavy (non-hydrogen) atoms. The van der Waals surface area contributed by atoms with Crippen LogP contribution in [0, 0.1) is 0 Å². The Morgan fingerprint density at radius 2 is 1.51 bits per heavy atom. The van der Waals surface area contributed by atoms with Gasteiger partial charge >= 0.3 is 0 Å². The van der Waals surface area contributed by atoms with Gasteiger partial charge in [-0.3, -0.25) is 4.79 Å². The molecule has 0 unspecified atom stereocenters. The average Bonchev–Trinajstić information content (AvgIpc) is 2.98. The number of carbonyl (C=O) groups excluding carboxylic acids is 1. The molecule has 15 nitrogen and oxygen atoms in total. The molecule has 0 aromatic heterocycles. The van der Waals surface area contributed by atoms with Crippen LogP contribution in [-0.4, -0.2) is 122 Å². The molecule has 3 aliphatic heterocycles. The van der Waals surface area contributed by atoms with E-state index in [0.717, 1.165) is 0 Å². The normalized spacial score (nSPS) is 36.0. The number of aromatic hydroxyl groups is 2. The molecule has 8 N–H and O–H groups in total. The van der Waals surface area contributed by atoms with Gasteiger partial charge in [0.25, 0.3) is 0 Å². The highest BCUT2D eigenvalue weighted by atomic mass is 16.7. The second-order valence-electron chi connectivity index (χ2n) is 10.6. The number of Topliss-reactive ketones (excluding diaryl/α,β-unsaturated/α-hetero) is 1. The van der Waals surface area contributed by atoms with Gasteiger partial charge in [-0.25, -0.2) is 0 Å². The predicted molar refractivity (Wildman–Crippen MR) is 141 cm³/mol. The lowest BCUT2D eigenvalue weighted by molar-refractivity contribution is -0.318. The standard InChI is InChI=1S/C28H34O15/c1-10-20(31)23(34)25(36)27(40-10)39-9-18-22(33)24(35)26(37)28(43-18)42-16-6-5-15-19(21(16)32)13(30)8-17(41-15)11-3-4-14(38-2)12(29)7-11/h3-7,10,17-18,20,22-29,31-37H,8-9H2,1-2H3/t10-,17-,18+,20-,22+,23+,24-,25+,26+,27+,28+/m0/s1. The Hall–Kier alpha value is -3.25. The molecule has 0 saturated carbocycles. The monoisotopic (exact) mass is 610 g/mol. The van der Waals surface area contributed by atoms with E-state index >= 15 is 0 Å². The Morgan fingerprint density at radius 3 is 2.21 bits per heavy atom. The number of phenols is 2. The van der Waals surface area contributed by atoms with Gasteiger partial charge in [-0.2, -0.15) is 0 Å². The summed E-state index contributed by atoms with van der Waals surface area (Å²) in [7, 11) is 1.40. The molecule has 0 bridgehead atoms. The van der Waals surface area contributed by atoms with Gasteiger partial charge in [0.1, 0.15) is 60.1 Å². The van der Waals surface area contributed by atoms with Gasteiger partial charge in [-0.15, -0.1) is 0 Å². The van der Waals surface area contributed by atoms with E-state index in [-0.39, 0.29) is 35.0 Å². The molecule has 0 radical (unpaired) electrons. The minimum absolute atomic E-state index is 0.0424. The molecule has 0 spiro atoms. The number of carbonyl (C=O) groups is 1. The van der Waals surface area contributed by atoms with Crippen LogP contribution in [0.1, 0.15) is 35.4 Å². The van der Waals surface area contributed by atoms with Crippen molar-refractivity contribution in [2.45, 2.75) is 80.9 Å². The first kappa shape index (κ1) is 31.2. The largest absolute Gasteiger partial charge is 0.504 e. The van der Waals surface area contributed by atoms with Gasteiger partial charge in [0.05, 0.1) is 26.2 Å². The second kappa shape index (κ2) is 12.4. The number of ether oxygens (including phenoxy) is 6. The summed E-state index contributed by atoms with van der Waals surface area (Å²) >= 11 is 0. The summed E-state index contributed by atoms with van der Waals surface area (Å²) < 4.78 is 33.0. The van der Waals surface area contributed by atoms with Gasteiger partial charge < -0.3 is 69.3 Å². The summed E-state index contributed by atoms with van der Waals surface area (Å²) in [6.07, 6.45) is -16.0. The summed E-state index contributed by atoms with van der Waals surface area (Å²) in [4.78, 5) is 13.1. The number of fused-ring (bicyclic) bond motifs is 1. The maximum atomic E-state index is 13.1. The van der Waals surface area contributed by atoms with Crippen LogP contribution in [0.25, 0.3) is 0 Å². The molecule has 236 valence electrons. The molecule has 5 rings (SSSR count). The first-order valence-corrected chi connectivity index (χ1v) is 13.5. The highest BCUT2D eigenvalue weighted by molar-refractivity contribution is 6.03. The zero-order valence-electron chi connectivity index (χ0n) is 23.1. The quantitative estimate of drug-likeness (QED) is 0.185. The molecule has 3 heterocycles. The molecule has 11 atom stereocenters. The third kappa shape index (κ3) is 5.95. The van der Waals surface area contributed by atoms with Gasteiger partial charge in [-0.05, 0) is 36.8 Å². The maximum absolute atomic E-state index is 13.1. The summed E-state index contributed by atoms with van der Waals surface area (Å²) in [5, 5.41) is 82.4. The van der Waals surface area contributed by atoms with E-state index in [1.807, 2.05) is 0 Å². The number of phenolic OH excluding ortho intramolecular Hbond substituents is 2. The number of ketones is 1. The zero-order chi connectivity index (χ0) is 31.2. The molecule has 2 aromatic rings. The highest BCUT2D eigenvalue weighted by Gasteiger charge is 2.47. The summed E-state index contributed by atoms with van der Waals surface area (Å²) in [5.74, 6) is -1.24. The molecule has 2 aromatic carbocycles. The van der Waals surface area contributed by atoms with Gasteiger partial charge in [0.2, 0.25) is 6.29 Å². The lowest BCUT2D eigenvalue weighted by Gasteiger charge is -2.42. The van der Waals surface area contributed by atoms with Crippen LogP contribution < -0.4 is 14.2 Å². The molecule has 15 heteroatoms. The van der Waals surface area contributed by atoms with Crippen molar-refractivity contribution in [2.24, 2.45) is 0 Å². The fourth-order valence-electron chi connectivity index (χ4n) is 5.19. The Morgan fingerprint density at radius 1 is 0.837 bits per heavy atom. The van der Waals surface area contributed by atoms with Crippen molar-refractivity contribution in [1.29, 1.82) is 0 Å². The molecule has 2 saturated heterocycles. The van der Waals surface area contributed by atoms with E-state index < -0.39 is 85.7 Å². The SMILES string of the molecule is COc1ccc([C@@H]2CC(=O)c3c(ccc(O[C@@H]4O[C@H](CO[C@@H]5O[C@@H](C)[C@H](O)[C@@H](O)[C@H]5O)[C@@H](O)[C@H](O)[C@H]4O)c3O)O2)cc1O. The number of benzene rings is 2. The Labute approximate surface area is 245 Å². The van der Waals surface area contributed by atoms with Crippen LogP contribution in [0.15, 0.2) is 30.3 Å². The average molecular weight is 611 g/mol. The number of aliphatic hydroxyl groups is 6. The fraction of sp³-hybridized carbons (Fsp3) is 0.536. The summed E-state index contributed by atoms with van der Waals surface area (Å²) in [5.41, 5.74) is 0.318. The summed E-state index contributed by atoms with van der Waals surface area (Å²) in [6, 6.07) is 7.19. The van der Waals surface area contributed by atoms with E-state index in [0.29, 0.717) is 5.56 Å². The number of hydrogen-bond donors (Lipinski definition) is 8. The Kier molecular flexibility index (Phi) is 8.99. The van der Waals surface area contributed by atoms with Crippen molar-refractivity contribution >= 4 is 5.78 Å². The fourth-order valence-corrected chi connectivity index (χ4v) is 5.19. The van der Waals surface area contributed by atoms with E-state index in [1.54, 1.807) is 6.07 Å². The van der Waals surface area contributed by atoms with Crippen LogP contribution in [-0.2, 0) is 14.2 Å². The van der Waals surface area contributed by atoms with Crippen molar-refractivity contribution in [3.05, 3.63) is 41.5 Å².